The average molecular weight is 402 g/mol. The van der Waals surface area contributed by atoms with Crippen LogP contribution < -0.4 is 5.73 Å². The number of aromatic hydroxyl groups is 1. The van der Waals surface area contributed by atoms with Gasteiger partial charge in [-0.05, 0) is 35.0 Å². The van der Waals surface area contributed by atoms with Crippen LogP contribution in [-0.2, 0) is 22.6 Å². The summed E-state index contributed by atoms with van der Waals surface area (Å²) < 4.78 is 5.13. The molecule has 1 aromatic carbocycles. The molecule has 27 heavy (non-hydrogen) atoms. The van der Waals surface area contributed by atoms with Crippen molar-refractivity contribution in [1.82, 2.24) is 4.90 Å². The van der Waals surface area contributed by atoms with E-state index < -0.39 is 12.2 Å². The van der Waals surface area contributed by atoms with Gasteiger partial charge in [0.25, 0.3) is 5.91 Å². The summed E-state index contributed by atoms with van der Waals surface area (Å²) in [6.07, 6.45) is -2.21. The fraction of sp³-hybridized carbons (Fsp3) is 0.158. The van der Waals surface area contributed by atoms with Crippen molar-refractivity contribution >= 4 is 34.7 Å². The number of rotatable bonds is 7. The second kappa shape index (κ2) is 8.70. The van der Waals surface area contributed by atoms with Gasteiger partial charge >= 0.3 is 6.09 Å². The molecular formula is C19H18N2O4S2. The summed E-state index contributed by atoms with van der Waals surface area (Å²) in [7, 11) is 0. The minimum atomic E-state index is -1.18. The molecule has 0 aliphatic heterocycles. The Morgan fingerprint density at radius 2 is 1.56 bits per heavy atom. The maximum atomic E-state index is 13.3. The van der Waals surface area contributed by atoms with E-state index in [9.17, 15) is 14.7 Å². The van der Waals surface area contributed by atoms with E-state index in [2.05, 4.69) is 0 Å². The molecule has 0 unspecified atom stereocenters. The van der Waals surface area contributed by atoms with Crippen molar-refractivity contribution in [3.63, 3.8) is 0 Å². The fourth-order valence-corrected chi connectivity index (χ4v) is 4.02. The third kappa shape index (κ3) is 5.08. The topological polar surface area (TPSA) is 92.9 Å². The molecule has 3 N–H and O–H groups in total. The van der Waals surface area contributed by atoms with Crippen LogP contribution in [0.25, 0.3) is 0 Å². The number of nitrogens with two attached hydrogens (primary N) is 1. The number of amides is 2. The lowest BCUT2D eigenvalue weighted by Crippen LogP contribution is -2.36. The monoisotopic (exact) mass is 402 g/mol. The number of ether oxygens (including phenoxy) is 1. The van der Waals surface area contributed by atoms with Gasteiger partial charge in [-0.1, -0.05) is 24.3 Å². The molecule has 3 rings (SSSR count). The van der Waals surface area contributed by atoms with Crippen LogP contribution in [0.2, 0.25) is 0 Å². The second-order valence-corrected chi connectivity index (χ2v) is 7.83. The first-order chi connectivity index (χ1) is 13.0. The van der Waals surface area contributed by atoms with Gasteiger partial charge in [0.1, 0.15) is 5.75 Å². The molecule has 0 fully saturated rings. The highest BCUT2D eigenvalue weighted by Crippen LogP contribution is 2.26. The van der Waals surface area contributed by atoms with Gasteiger partial charge in [0, 0.05) is 15.3 Å². The Morgan fingerprint density at radius 3 is 2.00 bits per heavy atom. The lowest BCUT2D eigenvalue weighted by Gasteiger charge is -2.26. The van der Waals surface area contributed by atoms with E-state index in [0.717, 1.165) is 9.75 Å². The van der Waals surface area contributed by atoms with Gasteiger partial charge in [-0.15, -0.1) is 22.7 Å². The zero-order chi connectivity index (χ0) is 19.2. The maximum absolute atomic E-state index is 13.3. The number of thiophene rings is 2. The van der Waals surface area contributed by atoms with Crippen molar-refractivity contribution in [1.29, 1.82) is 0 Å². The van der Waals surface area contributed by atoms with E-state index >= 15 is 0 Å². The predicted octanol–water partition coefficient (Wildman–Crippen LogP) is 3.88. The zero-order valence-electron chi connectivity index (χ0n) is 14.3. The molecule has 2 aromatic heterocycles. The number of phenols is 1. The number of carbonyl (C=O) groups is 2. The molecule has 1 atom stereocenters. The first-order valence-electron chi connectivity index (χ1n) is 8.11. The van der Waals surface area contributed by atoms with E-state index in [-0.39, 0.29) is 11.7 Å². The number of nitrogens with zero attached hydrogens (tertiary/aromatic N) is 1. The number of benzene rings is 1. The number of phenolic OH excluding ortho intramolecular Hbond substituents is 1. The van der Waals surface area contributed by atoms with E-state index in [1.165, 1.54) is 24.3 Å². The lowest BCUT2D eigenvalue weighted by atomic mass is 10.1. The zero-order valence-corrected chi connectivity index (χ0v) is 15.9. The predicted molar refractivity (Wildman–Crippen MR) is 104 cm³/mol. The van der Waals surface area contributed by atoms with Crippen LogP contribution in [-0.4, -0.2) is 22.0 Å². The fourth-order valence-electron chi connectivity index (χ4n) is 2.59. The SMILES string of the molecule is NC(=O)O[C@@H](C(=O)N(Cc1cccs1)Cc1cccs1)c1ccc(O)cc1. The molecule has 0 aliphatic rings. The van der Waals surface area contributed by atoms with Gasteiger partial charge in [-0.25, -0.2) is 4.79 Å². The van der Waals surface area contributed by atoms with Crippen molar-refractivity contribution in [2.24, 2.45) is 5.73 Å². The minimum Gasteiger partial charge on any atom is -0.508 e. The average Bonchev–Trinajstić information content (AvgIpc) is 3.33. The minimum absolute atomic E-state index is 0.0538. The summed E-state index contributed by atoms with van der Waals surface area (Å²) in [5, 5.41) is 13.4. The van der Waals surface area contributed by atoms with E-state index in [4.69, 9.17) is 10.5 Å². The highest BCUT2D eigenvalue weighted by atomic mass is 32.1. The molecule has 0 spiro atoms. The molecule has 0 saturated carbocycles. The molecule has 0 saturated heterocycles. The first kappa shape index (κ1) is 18.9. The van der Waals surface area contributed by atoms with Crippen LogP contribution in [0.15, 0.2) is 59.3 Å². The maximum Gasteiger partial charge on any atom is 0.405 e. The summed E-state index contributed by atoms with van der Waals surface area (Å²) in [5.41, 5.74) is 5.64. The summed E-state index contributed by atoms with van der Waals surface area (Å²) in [5.74, 6) is -0.320. The van der Waals surface area contributed by atoms with Gasteiger partial charge in [-0.3, -0.25) is 4.79 Å². The number of hydrogen-bond acceptors (Lipinski definition) is 6. The third-order valence-corrected chi connectivity index (χ3v) is 5.54. The number of hydrogen-bond donors (Lipinski definition) is 2. The normalized spacial score (nSPS) is 11.7. The quantitative estimate of drug-likeness (QED) is 0.627. The van der Waals surface area contributed by atoms with Crippen LogP contribution in [0.4, 0.5) is 4.79 Å². The summed E-state index contributed by atoms with van der Waals surface area (Å²) in [4.78, 5) is 28.3. The van der Waals surface area contributed by atoms with Gasteiger partial charge in [0.2, 0.25) is 6.10 Å². The van der Waals surface area contributed by atoms with Crippen LogP contribution in [0.1, 0.15) is 21.4 Å². The van der Waals surface area contributed by atoms with Crippen LogP contribution in [0.3, 0.4) is 0 Å². The van der Waals surface area contributed by atoms with Gasteiger partial charge in [-0.2, -0.15) is 0 Å². The molecule has 6 nitrogen and oxygen atoms in total. The highest BCUT2D eigenvalue weighted by molar-refractivity contribution is 7.10. The Kier molecular flexibility index (Phi) is 6.10. The molecule has 140 valence electrons. The molecular weight excluding hydrogens is 384 g/mol. The smallest absolute Gasteiger partial charge is 0.405 e. The van der Waals surface area contributed by atoms with Gasteiger partial charge < -0.3 is 20.5 Å². The molecule has 0 bridgehead atoms. The van der Waals surface area contributed by atoms with E-state index in [1.807, 2.05) is 35.0 Å². The molecule has 0 aliphatic carbocycles. The molecule has 0 radical (unpaired) electrons. The molecule has 8 heteroatoms. The summed E-state index contributed by atoms with van der Waals surface area (Å²) >= 11 is 3.10. The van der Waals surface area contributed by atoms with Crippen molar-refractivity contribution in [3.8, 4) is 5.75 Å². The van der Waals surface area contributed by atoms with E-state index in [1.54, 1.807) is 27.6 Å². The summed E-state index contributed by atoms with van der Waals surface area (Å²) in [6, 6.07) is 13.7. The Hall–Kier alpha value is -2.84. The van der Waals surface area contributed by atoms with Crippen molar-refractivity contribution in [2.45, 2.75) is 19.2 Å². The van der Waals surface area contributed by atoms with Crippen molar-refractivity contribution in [2.75, 3.05) is 0 Å². The standard InChI is InChI=1S/C19H18N2O4S2/c20-19(24)25-17(13-5-7-14(22)8-6-13)18(23)21(11-15-3-1-9-26-15)12-16-4-2-10-27-16/h1-10,17,22H,11-12H2,(H2,20,24)/t17-/m1/s1. The Labute approximate surface area is 164 Å². The molecule has 3 aromatic rings. The first-order valence-corrected chi connectivity index (χ1v) is 9.87. The van der Waals surface area contributed by atoms with Crippen molar-refractivity contribution < 1.29 is 19.4 Å². The molecule has 2 amide bonds. The van der Waals surface area contributed by atoms with Gasteiger partial charge in [0.05, 0.1) is 13.1 Å². The van der Waals surface area contributed by atoms with Crippen LogP contribution in [0, 0.1) is 0 Å². The largest absolute Gasteiger partial charge is 0.508 e. The Bertz CT molecular complexity index is 841. The Morgan fingerprint density at radius 1 is 1.00 bits per heavy atom. The van der Waals surface area contributed by atoms with Gasteiger partial charge in [0.15, 0.2) is 0 Å². The van der Waals surface area contributed by atoms with E-state index in [0.29, 0.717) is 18.7 Å². The van der Waals surface area contributed by atoms with Crippen LogP contribution >= 0.6 is 22.7 Å². The third-order valence-electron chi connectivity index (χ3n) is 3.82. The Balaban J connectivity index is 1.89. The summed E-state index contributed by atoms with van der Waals surface area (Å²) in [6.45, 7) is 0.788. The van der Waals surface area contributed by atoms with Crippen molar-refractivity contribution in [3.05, 3.63) is 74.6 Å². The number of primary amides is 1. The second-order valence-electron chi connectivity index (χ2n) is 5.76. The lowest BCUT2D eigenvalue weighted by molar-refractivity contribution is -0.141. The molecule has 2 heterocycles. The van der Waals surface area contributed by atoms with Crippen LogP contribution in [0.5, 0.6) is 5.75 Å². The highest BCUT2D eigenvalue weighted by Gasteiger charge is 2.29. The number of carbonyl (C=O) groups excluding carboxylic acids is 2.